The molecule has 0 heterocycles. The van der Waals surface area contributed by atoms with Gasteiger partial charge in [0.15, 0.2) is 0 Å². The Balaban J connectivity index is 3.56. The van der Waals surface area contributed by atoms with Crippen LogP contribution < -0.4 is 0 Å². The molecule has 0 aromatic heterocycles. The van der Waals surface area contributed by atoms with Gasteiger partial charge < -0.3 is 0 Å². The molecule has 4 heteroatoms. The molecular weight excluding hydrogens is 161 g/mol. The van der Waals surface area contributed by atoms with E-state index in [9.17, 15) is 13.2 Å². The Kier molecular flexibility index (Phi) is 3.07. The third-order valence-corrected chi connectivity index (χ3v) is 2.01. The van der Waals surface area contributed by atoms with Crippen LogP contribution in [0.3, 0.4) is 0 Å². The quantitative estimate of drug-likeness (QED) is 0.585. The summed E-state index contributed by atoms with van der Waals surface area (Å²) in [6, 6.07) is 0. The van der Waals surface area contributed by atoms with Crippen molar-refractivity contribution in [1.29, 1.82) is 0 Å². The molecule has 0 saturated carbocycles. The molecule has 0 aromatic carbocycles. The maximum Gasteiger partial charge on any atom is 0.441 e. The molecule has 0 rings (SSSR count). The first kappa shape index (κ1) is 10.1. The normalized spacial score (nSPS) is 13.8. The van der Waals surface area contributed by atoms with Crippen LogP contribution in [0.5, 0.6) is 0 Å². The highest BCUT2D eigenvalue weighted by Gasteiger charge is 2.30. The monoisotopic (exact) mass is 172 g/mol. The van der Waals surface area contributed by atoms with Gasteiger partial charge in [0, 0.05) is 5.75 Å². The van der Waals surface area contributed by atoms with Crippen LogP contribution in [0.25, 0.3) is 0 Å². The van der Waals surface area contributed by atoms with E-state index >= 15 is 0 Å². The lowest BCUT2D eigenvalue weighted by atomic mass is 10.0. The molecule has 0 atom stereocenters. The molecule has 0 amide bonds. The van der Waals surface area contributed by atoms with Gasteiger partial charge in [0.25, 0.3) is 0 Å². The van der Waals surface area contributed by atoms with Crippen LogP contribution in [-0.2, 0) is 0 Å². The second-order valence-electron chi connectivity index (χ2n) is 3.30. The molecule has 10 heavy (non-hydrogen) atoms. The molecule has 0 bridgehead atoms. The topological polar surface area (TPSA) is 0 Å². The lowest BCUT2D eigenvalue weighted by molar-refractivity contribution is -0.0332. The summed E-state index contributed by atoms with van der Waals surface area (Å²) in [5.41, 5.74) is -4.33. The van der Waals surface area contributed by atoms with Crippen molar-refractivity contribution < 1.29 is 13.2 Å². The minimum absolute atomic E-state index is 0.0405. The Bertz CT molecular complexity index is 86.5. The van der Waals surface area contributed by atoms with Crippen molar-refractivity contribution in [3.05, 3.63) is 0 Å². The van der Waals surface area contributed by atoms with Crippen molar-refractivity contribution >= 4 is 11.8 Å². The summed E-state index contributed by atoms with van der Waals surface area (Å²) in [5, 5.41) is 0. The summed E-state index contributed by atoms with van der Waals surface area (Å²) in [6.45, 7) is 5.35. The van der Waals surface area contributed by atoms with E-state index in [0.29, 0.717) is 0 Å². The summed E-state index contributed by atoms with van der Waals surface area (Å²) in [7, 11) is 0. The molecule has 0 unspecified atom stereocenters. The first-order valence-electron chi connectivity index (χ1n) is 2.91. The Morgan fingerprint density at radius 1 is 1.10 bits per heavy atom. The predicted molar refractivity (Wildman–Crippen MR) is 38.0 cm³/mol. The van der Waals surface area contributed by atoms with E-state index in [1.54, 1.807) is 20.8 Å². The molecule has 0 nitrogen and oxygen atoms in total. The Morgan fingerprint density at radius 3 is 1.60 bits per heavy atom. The van der Waals surface area contributed by atoms with Crippen molar-refractivity contribution in [1.82, 2.24) is 0 Å². The number of halogens is 3. The average molecular weight is 172 g/mol. The third kappa shape index (κ3) is 8.14. The van der Waals surface area contributed by atoms with Crippen molar-refractivity contribution in [3.63, 3.8) is 0 Å². The van der Waals surface area contributed by atoms with Gasteiger partial charge in [0.1, 0.15) is 0 Å². The number of rotatable bonds is 1. The van der Waals surface area contributed by atoms with E-state index in [4.69, 9.17) is 0 Å². The molecule has 0 radical (unpaired) electrons. The van der Waals surface area contributed by atoms with Crippen LogP contribution in [0.4, 0.5) is 13.2 Å². The van der Waals surface area contributed by atoms with E-state index in [-0.39, 0.29) is 22.9 Å². The second kappa shape index (κ2) is 3.03. The summed E-state index contributed by atoms with van der Waals surface area (Å²) >= 11 is 0.0405. The first-order chi connectivity index (χ1) is 4.21. The first-order valence-corrected chi connectivity index (χ1v) is 3.90. The number of thioether (sulfide) groups is 1. The molecule has 0 aromatic rings. The third-order valence-electron chi connectivity index (χ3n) is 0.669. The van der Waals surface area contributed by atoms with Gasteiger partial charge in [-0.05, 0) is 5.41 Å². The minimum Gasteiger partial charge on any atom is -0.160 e. The highest BCUT2D eigenvalue weighted by molar-refractivity contribution is 8.00. The number of hydrogen-bond donors (Lipinski definition) is 0. The predicted octanol–water partition coefficient (Wildman–Crippen LogP) is 3.29. The molecule has 62 valence electrons. The smallest absolute Gasteiger partial charge is 0.160 e. The second-order valence-corrected chi connectivity index (χ2v) is 4.34. The van der Waals surface area contributed by atoms with E-state index in [0.717, 1.165) is 0 Å². The molecule has 0 aliphatic rings. The van der Waals surface area contributed by atoms with Crippen LogP contribution in [-0.4, -0.2) is 11.3 Å². The Morgan fingerprint density at radius 2 is 1.50 bits per heavy atom. The van der Waals surface area contributed by atoms with Gasteiger partial charge in [-0.25, -0.2) is 0 Å². The zero-order valence-electron chi connectivity index (χ0n) is 6.25. The van der Waals surface area contributed by atoms with Crippen molar-refractivity contribution in [2.45, 2.75) is 26.3 Å². The summed E-state index contributed by atoms with van der Waals surface area (Å²) in [4.78, 5) is 0. The van der Waals surface area contributed by atoms with Crippen molar-refractivity contribution in [2.24, 2.45) is 5.41 Å². The zero-order valence-corrected chi connectivity index (χ0v) is 7.07. The minimum atomic E-state index is -4.08. The van der Waals surface area contributed by atoms with Gasteiger partial charge in [-0.1, -0.05) is 32.5 Å². The molecular formula is C6H11F3S. The molecule has 0 spiro atoms. The van der Waals surface area contributed by atoms with Gasteiger partial charge in [-0.2, -0.15) is 13.2 Å². The van der Waals surface area contributed by atoms with Crippen LogP contribution in [0, 0.1) is 5.41 Å². The highest BCUT2D eigenvalue weighted by Crippen LogP contribution is 2.34. The fourth-order valence-electron chi connectivity index (χ4n) is 0.298. The van der Waals surface area contributed by atoms with E-state index in [1.165, 1.54) is 0 Å². The van der Waals surface area contributed by atoms with Crippen LogP contribution in [0.2, 0.25) is 0 Å². The molecule has 0 fully saturated rings. The van der Waals surface area contributed by atoms with Gasteiger partial charge >= 0.3 is 5.51 Å². The van der Waals surface area contributed by atoms with Gasteiger partial charge in [-0.3, -0.25) is 0 Å². The van der Waals surface area contributed by atoms with Crippen molar-refractivity contribution in [2.75, 3.05) is 5.75 Å². The fourth-order valence-corrected chi connectivity index (χ4v) is 0.895. The maximum atomic E-state index is 11.5. The SMILES string of the molecule is CC(C)(C)CSC(F)(F)F. The molecule has 0 aliphatic carbocycles. The number of hydrogen-bond acceptors (Lipinski definition) is 1. The average Bonchev–Trinajstić information content (AvgIpc) is 1.57. The van der Waals surface area contributed by atoms with Crippen LogP contribution >= 0.6 is 11.8 Å². The van der Waals surface area contributed by atoms with Gasteiger partial charge in [0.05, 0.1) is 0 Å². The largest absolute Gasteiger partial charge is 0.441 e. The van der Waals surface area contributed by atoms with Gasteiger partial charge in [0.2, 0.25) is 0 Å². The lowest BCUT2D eigenvalue weighted by Crippen LogP contribution is -2.13. The van der Waals surface area contributed by atoms with Crippen LogP contribution in [0.15, 0.2) is 0 Å². The summed E-state index contributed by atoms with van der Waals surface area (Å²) in [6.07, 6.45) is 0. The fraction of sp³-hybridized carbons (Fsp3) is 1.00. The Labute approximate surface area is 63.2 Å². The summed E-state index contributed by atoms with van der Waals surface area (Å²) in [5.74, 6) is 0.122. The van der Waals surface area contributed by atoms with E-state index in [2.05, 4.69) is 0 Å². The molecule has 0 aliphatic heterocycles. The van der Waals surface area contributed by atoms with Gasteiger partial charge in [-0.15, -0.1) is 0 Å². The Hall–Kier alpha value is 0.140. The van der Waals surface area contributed by atoms with E-state index in [1.807, 2.05) is 0 Å². The highest BCUT2D eigenvalue weighted by atomic mass is 32.2. The standard InChI is InChI=1S/C6H11F3S/c1-5(2,3)4-10-6(7,8)9/h4H2,1-3H3. The summed E-state index contributed by atoms with van der Waals surface area (Å²) < 4.78 is 34.6. The molecule has 0 saturated heterocycles. The maximum absolute atomic E-state index is 11.5. The zero-order chi connectivity index (χ0) is 8.41. The number of alkyl halides is 3. The lowest BCUT2D eigenvalue weighted by Gasteiger charge is -2.17. The van der Waals surface area contributed by atoms with Crippen LogP contribution in [0.1, 0.15) is 20.8 Å². The van der Waals surface area contributed by atoms with Crippen molar-refractivity contribution in [3.8, 4) is 0 Å². The molecule has 0 N–H and O–H groups in total. The van der Waals surface area contributed by atoms with E-state index < -0.39 is 5.51 Å².